The fourth-order valence-corrected chi connectivity index (χ4v) is 3.37. The molecule has 0 aliphatic heterocycles. The Kier molecular flexibility index (Phi) is 8.74. The molecular weight excluding hydrogens is 412 g/mol. The summed E-state index contributed by atoms with van der Waals surface area (Å²) in [7, 11) is 0. The molecule has 0 atom stereocenters. The van der Waals surface area contributed by atoms with E-state index in [1.54, 1.807) is 0 Å². The zero-order valence-electron chi connectivity index (χ0n) is 20.0. The van der Waals surface area contributed by atoms with Crippen molar-refractivity contribution in [1.82, 2.24) is 0 Å². The van der Waals surface area contributed by atoms with Crippen LogP contribution in [0.15, 0.2) is 48.6 Å². The smallest absolute Gasteiger partial charge is 0.109 e. The number of rotatable bonds is 0. The molecule has 0 aromatic heterocycles. The van der Waals surface area contributed by atoms with Gasteiger partial charge in [0.25, 0.3) is 0 Å². The normalized spacial score (nSPS) is 13.7. The molecule has 156 valence electrons. The Morgan fingerprint density at radius 3 is 2.00 bits per heavy atom. The summed E-state index contributed by atoms with van der Waals surface area (Å²) in [5.74, 6) is 0. The van der Waals surface area contributed by atoms with Crippen molar-refractivity contribution in [2.45, 2.75) is 78.3 Å². The first-order valence-corrected chi connectivity index (χ1v) is 15.7. The molecule has 2 aromatic rings. The van der Waals surface area contributed by atoms with Crippen molar-refractivity contribution in [3.63, 3.8) is 0 Å². The van der Waals surface area contributed by atoms with Gasteiger partial charge in [-0.15, -0.1) is 17.5 Å². The summed E-state index contributed by atoms with van der Waals surface area (Å²) in [6.45, 7) is 18.1. The zero-order chi connectivity index (χ0) is 22.5. The Balaban J connectivity index is 0.000000297. The molecule has 30 heavy (non-hydrogen) atoms. The molecule has 0 spiro atoms. The summed E-state index contributed by atoms with van der Waals surface area (Å²) in [6.07, 6.45) is 11.1. The maximum absolute atomic E-state index is 3.67. The minimum Gasteiger partial charge on any atom is -0.273 e. The van der Waals surface area contributed by atoms with Crippen molar-refractivity contribution in [2.75, 3.05) is 0 Å². The molecule has 0 fully saturated rings. The summed E-state index contributed by atoms with van der Waals surface area (Å²) in [4.78, 5) is 0. The molecule has 2 heteroatoms. The van der Waals surface area contributed by atoms with Gasteiger partial charge in [-0.25, -0.2) is 12.2 Å². The first-order chi connectivity index (χ1) is 13.9. The van der Waals surface area contributed by atoms with Gasteiger partial charge in [0.15, 0.2) is 0 Å². The van der Waals surface area contributed by atoms with E-state index >= 15 is 0 Å². The number of hydrogen-bond acceptors (Lipinski definition) is 0. The molecule has 2 aromatic carbocycles. The van der Waals surface area contributed by atoms with E-state index in [4.69, 9.17) is 0 Å². The summed E-state index contributed by atoms with van der Waals surface area (Å²) in [6, 6.07) is 15.2. The maximum atomic E-state index is 3.67. The van der Waals surface area contributed by atoms with Crippen molar-refractivity contribution >= 4 is 6.19 Å². The van der Waals surface area contributed by atoms with Crippen LogP contribution in [0.2, 0.25) is 13.1 Å². The molecule has 0 radical (unpaired) electrons. The van der Waals surface area contributed by atoms with Crippen LogP contribution in [0.25, 0.3) is 11.1 Å². The summed E-state index contributed by atoms with van der Waals surface area (Å²) in [5.41, 5.74) is 8.70. The third-order valence-corrected chi connectivity index (χ3v) is 5.05. The van der Waals surface area contributed by atoms with Crippen LogP contribution in [0.3, 0.4) is 0 Å². The molecule has 0 saturated heterocycles. The molecule has 0 nitrogen and oxygen atoms in total. The largest absolute Gasteiger partial charge is 0.273 e. The van der Waals surface area contributed by atoms with E-state index in [2.05, 4.69) is 122 Å². The van der Waals surface area contributed by atoms with Gasteiger partial charge < -0.3 is 0 Å². The molecule has 0 heterocycles. The third-order valence-electron chi connectivity index (χ3n) is 5.05. The first-order valence-electron chi connectivity index (χ1n) is 10.8. The van der Waals surface area contributed by atoms with E-state index in [-0.39, 0.29) is 17.0 Å². The van der Waals surface area contributed by atoms with Gasteiger partial charge >= 0.3 is 38.5 Å². The summed E-state index contributed by atoms with van der Waals surface area (Å²) >= 11 is 2.27. The topological polar surface area (TPSA) is 0 Å². The number of benzene rings is 2. The van der Waals surface area contributed by atoms with Crippen molar-refractivity contribution in [3.8, 4) is 11.1 Å². The van der Waals surface area contributed by atoms with Gasteiger partial charge in [0.2, 0.25) is 0 Å². The molecular formula is C28H36SiTi. The molecule has 4 rings (SSSR count). The minimum atomic E-state index is 0.120. The summed E-state index contributed by atoms with van der Waals surface area (Å²) < 4.78 is 0. The molecule has 0 amide bonds. The van der Waals surface area contributed by atoms with Crippen LogP contribution in [-0.2, 0) is 36.4 Å². The predicted molar refractivity (Wildman–Crippen MR) is 130 cm³/mol. The second-order valence-electron chi connectivity index (χ2n) is 10.3. The van der Waals surface area contributed by atoms with Gasteiger partial charge in [0.05, 0.1) is 0 Å². The van der Waals surface area contributed by atoms with Crippen molar-refractivity contribution in [1.29, 1.82) is 0 Å². The van der Waals surface area contributed by atoms with Crippen molar-refractivity contribution in [3.05, 3.63) is 83.0 Å². The van der Waals surface area contributed by atoms with Gasteiger partial charge in [0, 0.05) is 0 Å². The Labute approximate surface area is 197 Å². The third kappa shape index (κ3) is 7.22. The van der Waals surface area contributed by atoms with E-state index < -0.39 is 0 Å². The van der Waals surface area contributed by atoms with Crippen LogP contribution in [0.4, 0.5) is 0 Å². The minimum absolute atomic E-state index is 0.120. The second-order valence-corrected chi connectivity index (χ2v) is 17.0. The fourth-order valence-electron chi connectivity index (χ4n) is 3.37. The van der Waals surface area contributed by atoms with E-state index in [0.29, 0.717) is 0 Å². The van der Waals surface area contributed by atoms with Gasteiger partial charge in [0.1, 0.15) is 0 Å². The van der Waals surface area contributed by atoms with Crippen LogP contribution in [0, 0.1) is 12.1 Å². The van der Waals surface area contributed by atoms with Crippen molar-refractivity contribution in [2.24, 2.45) is 0 Å². The Hall–Kier alpha value is -1.15. The monoisotopic (exact) mass is 448 g/mol. The zero-order valence-corrected chi connectivity index (χ0v) is 22.6. The molecule has 0 N–H and O–H groups in total. The Bertz CT molecular complexity index is 874. The second kappa shape index (κ2) is 10.4. The van der Waals surface area contributed by atoms with Gasteiger partial charge in [-0.05, 0) is 28.4 Å². The molecule has 2 aliphatic carbocycles. The average Bonchev–Trinajstić information content (AvgIpc) is 3.30. The van der Waals surface area contributed by atoms with E-state index in [0.717, 1.165) is 12.8 Å². The van der Waals surface area contributed by atoms with E-state index in [9.17, 15) is 0 Å². The standard InChI is InChI=1S/C21H25.C5H5.C2H6Si.Ti/c1-20(2,3)16-7-9-18-14(12-16)11-15-13-17(21(4,5)6)8-10-19(15)18;1-2-4-5-3-1;1-3-2;/h7-10,12H,11H2,1-6H3;1-3H,4H2;1-2H3;/q2*-1;;+2. The average molecular weight is 449 g/mol. The molecule has 0 saturated carbocycles. The quantitative estimate of drug-likeness (QED) is 0.244. The SMILES string of the molecule is CC(C)(C)c1[c-]c2c(cc1)-c1ccc(C(C)(C)C)cc1C2.C[Si](C)=[Ti+2].[C-]1=CC=CC1. The Morgan fingerprint density at radius 2 is 1.53 bits per heavy atom. The van der Waals surface area contributed by atoms with Crippen LogP contribution in [0.1, 0.15) is 70.2 Å². The molecule has 0 unspecified atom stereocenters. The van der Waals surface area contributed by atoms with Gasteiger partial charge in [-0.3, -0.25) is 6.08 Å². The Morgan fingerprint density at radius 1 is 0.900 bits per heavy atom. The predicted octanol–water partition coefficient (Wildman–Crippen LogP) is 7.74. The summed E-state index contributed by atoms with van der Waals surface area (Å²) in [5, 5.41) is 0. The fraction of sp³-hybridized carbons (Fsp3) is 0.429. The van der Waals surface area contributed by atoms with Crippen molar-refractivity contribution < 1.29 is 19.2 Å². The number of allylic oxidation sites excluding steroid dienone is 4. The van der Waals surface area contributed by atoms with Crippen LogP contribution in [0.5, 0.6) is 0 Å². The van der Waals surface area contributed by atoms with Gasteiger partial charge in [-0.2, -0.15) is 29.8 Å². The maximum Gasteiger partial charge on any atom is -0.109 e. The first kappa shape index (κ1) is 25.1. The number of hydrogen-bond donors (Lipinski definition) is 0. The van der Waals surface area contributed by atoms with Crippen LogP contribution in [-0.4, -0.2) is 6.19 Å². The van der Waals surface area contributed by atoms with E-state index in [1.807, 2.05) is 12.2 Å². The number of fused-ring (bicyclic) bond motifs is 3. The molecule has 0 bridgehead atoms. The molecule has 2 aliphatic rings. The van der Waals surface area contributed by atoms with Crippen LogP contribution < -0.4 is 0 Å². The van der Waals surface area contributed by atoms with Crippen LogP contribution >= 0.6 is 0 Å². The van der Waals surface area contributed by atoms with E-state index in [1.165, 1.54) is 33.4 Å². The van der Waals surface area contributed by atoms with Gasteiger partial charge in [-0.1, -0.05) is 65.3 Å².